The van der Waals surface area contributed by atoms with Crippen LogP contribution in [0.4, 0.5) is 0 Å². The highest BCUT2D eigenvalue weighted by atomic mass is 16.2. The summed E-state index contributed by atoms with van der Waals surface area (Å²) in [5, 5.41) is 0.751. The fourth-order valence-electron chi connectivity index (χ4n) is 3.58. The molecular formula is C21H24N4O3. The lowest BCUT2D eigenvalue weighted by Crippen LogP contribution is -2.47. The molecule has 0 bridgehead atoms. The van der Waals surface area contributed by atoms with Gasteiger partial charge in [-0.1, -0.05) is 24.6 Å². The van der Waals surface area contributed by atoms with Crippen molar-refractivity contribution in [1.82, 2.24) is 20.7 Å². The Morgan fingerprint density at radius 3 is 2.75 bits per heavy atom. The molecule has 4 rings (SSSR count). The molecule has 2 heterocycles. The van der Waals surface area contributed by atoms with Gasteiger partial charge in [0.1, 0.15) is 6.54 Å². The van der Waals surface area contributed by atoms with E-state index < -0.39 is 5.91 Å². The lowest BCUT2D eigenvalue weighted by molar-refractivity contribution is -0.135. The number of carbonyl (C=O) groups excluding carboxylic acids is 3. The molecule has 7 nitrogen and oxygen atoms in total. The minimum Gasteiger partial charge on any atom is -0.333 e. The van der Waals surface area contributed by atoms with Crippen LogP contribution >= 0.6 is 0 Å². The number of nitrogens with one attached hydrogen (secondary N) is 2. The maximum absolute atomic E-state index is 12.7. The monoisotopic (exact) mass is 380 g/mol. The van der Waals surface area contributed by atoms with Gasteiger partial charge in [0, 0.05) is 30.0 Å². The molecule has 1 saturated carbocycles. The first-order valence-corrected chi connectivity index (χ1v) is 9.88. The van der Waals surface area contributed by atoms with E-state index in [1.807, 2.05) is 30.3 Å². The number of carbonyl (C=O) groups is 3. The van der Waals surface area contributed by atoms with Crippen LogP contribution in [0.2, 0.25) is 0 Å². The van der Waals surface area contributed by atoms with Gasteiger partial charge in [0.2, 0.25) is 5.91 Å². The quantitative estimate of drug-likeness (QED) is 0.796. The molecule has 1 aliphatic heterocycles. The Kier molecular flexibility index (Phi) is 5.23. The molecule has 146 valence electrons. The van der Waals surface area contributed by atoms with E-state index in [2.05, 4.69) is 15.8 Å². The largest absolute Gasteiger partial charge is 0.333 e. The summed E-state index contributed by atoms with van der Waals surface area (Å²) in [7, 11) is 0. The Hall–Kier alpha value is -2.96. The van der Waals surface area contributed by atoms with Crippen LogP contribution < -0.4 is 10.9 Å². The zero-order valence-electron chi connectivity index (χ0n) is 15.7. The number of benzene rings is 1. The molecule has 7 heteroatoms. The van der Waals surface area contributed by atoms with Crippen LogP contribution in [-0.2, 0) is 9.59 Å². The number of hydrazine groups is 1. The summed E-state index contributed by atoms with van der Waals surface area (Å²) >= 11 is 0. The number of aromatic nitrogens is 1. The van der Waals surface area contributed by atoms with Gasteiger partial charge in [0.05, 0.1) is 11.1 Å². The van der Waals surface area contributed by atoms with Crippen molar-refractivity contribution in [3.63, 3.8) is 0 Å². The number of rotatable bonds is 4. The number of amides is 3. The summed E-state index contributed by atoms with van der Waals surface area (Å²) in [6.07, 6.45) is 5.43. The van der Waals surface area contributed by atoms with Crippen molar-refractivity contribution in [1.29, 1.82) is 0 Å². The number of nitrogens with zero attached hydrogens (tertiary/aromatic N) is 2. The molecule has 0 unspecified atom stereocenters. The molecular weight excluding hydrogens is 356 g/mol. The van der Waals surface area contributed by atoms with Crippen LogP contribution in [0, 0.1) is 0 Å². The molecule has 28 heavy (non-hydrogen) atoms. The Morgan fingerprint density at radius 1 is 1.11 bits per heavy atom. The van der Waals surface area contributed by atoms with E-state index in [0.717, 1.165) is 48.7 Å². The summed E-state index contributed by atoms with van der Waals surface area (Å²) < 4.78 is 0. The third kappa shape index (κ3) is 4.13. The van der Waals surface area contributed by atoms with Crippen LogP contribution in [0.25, 0.3) is 10.9 Å². The third-order valence-electron chi connectivity index (χ3n) is 5.30. The molecule has 1 aromatic heterocycles. The zero-order chi connectivity index (χ0) is 19.5. The molecule has 0 radical (unpaired) electrons. The van der Waals surface area contributed by atoms with Crippen LogP contribution in [0.5, 0.6) is 0 Å². The van der Waals surface area contributed by atoms with E-state index in [-0.39, 0.29) is 18.4 Å². The first-order valence-electron chi connectivity index (χ1n) is 9.88. The first-order chi connectivity index (χ1) is 13.6. The molecule has 1 aromatic carbocycles. The highest BCUT2D eigenvalue weighted by Crippen LogP contribution is 2.40. The van der Waals surface area contributed by atoms with E-state index in [4.69, 9.17) is 0 Å². The fraction of sp³-hybridized carbons (Fsp3) is 0.429. The molecule has 0 atom stereocenters. The fourth-order valence-corrected chi connectivity index (χ4v) is 3.58. The molecule has 3 amide bonds. The maximum atomic E-state index is 12.7. The number of likely N-dealkylation sites (tertiary alicyclic amines) is 1. The summed E-state index contributed by atoms with van der Waals surface area (Å²) in [5.41, 5.74) is 7.14. The van der Waals surface area contributed by atoms with E-state index in [1.54, 1.807) is 4.90 Å². The minimum atomic E-state index is -0.399. The number of hydrogen-bond acceptors (Lipinski definition) is 4. The molecule has 2 aromatic rings. The van der Waals surface area contributed by atoms with Gasteiger partial charge in [-0.15, -0.1) is 0 Å². The summed E-state index contributed by atoms with van der Waals surface area (Å²) in [6, 6.07) is 9.32. The standard InChI is InChI=1S/C21H24N4O3/c26-19(13-25-11-5-1-2-8-20(25)27)23-24-21(28)16-12-18(14-9-10-14)22-17-7-4-3-6-15(16)17/h3-4,6-7,12,14H,1-2,5,8-11,13H2,(H,23,26)(H,24,28). The minimum absolute atomic E-state index is 0.00632. The predicted molar refractivity (Wildman–Crippen MR) is 104 cm³/mol. The van der Waals surface area contributed by atoms with Crippen molar-refractivity contribution in [2.45, 2.75) is 44.4 Å². The average molecular weight is 380 g/mol. The summed E-state index contributed by atoms with van der Waals surface area (Å²) in [6.45, 7) is 0.545. The van der Waals surface area contributed by atoms with Crippen LogP contribution in [0.3, 0.4) is 0 Å². The van der Waals surface area contributed by atoms with Crippen LogP contribution in [0.1, 0.15) is 60.5 Å². The second-order valence-electron chi connectivity index (χ2n) is 7.51. The topological polar surface area (TPSA) is 91.4 Å². The van der Waals surface area contributed by atoms with E-state index in [9.17, 15) is 14.4 Å². The van der Waals surface area contributed by atoms with Gasteiger partial charge in [-0.05, 0) is 37.8 Å². The number of hydrogen-bond donors (Lipinski definition) is 2. The Morgan fingerprint density at radius 2 is 1.93 bits per heavy atom. The Labute approximate surface area is 163 Å². The Bertz CT molecular complexity index is 923. The van der Waals surface area contributed by atoms with Gasteiger partial charge in [-0.2, -0.15) is 0 Å². The van der Waals surface area contributed by atoms with Gasteiger partial charge < -0.3 is 4.90 Å². The lowest BCUT2D eigenvalue weighted by Gasteiger charge is -2.20. The van der Waals surface area contributed by atoms with Crippen molar-refractivity contribution < 1.29 is 14.4 Å². The van der Waals surface area contributed by atoms with Crippen molar-refractivity contribution in [3.8, 4) is 0 Å². The second kappa shape index (κ2) is 7.96. The number of pyridine rings is 1. The zero-order valence-corrected chi connectivity index (χ0v) is 15.7. The first kappa shape index (κ1) is 18.4. The van der Waals surface area contributed by atoms with E-state index in [0.29, 0.717) is 24.4 Å². The van der Waals surface area contributed by atoms with Crippen LogP contribution in [0.15, 0.2) is 30.3 Å². The molecule has 1 saturated heterocycles. The molecule has 2 fully saturated rings. The molecule has 2 aliphatic rings. The van der Waals surface area contributed by atoms with Crippen molar-refractivity contribution in [3.05, 3.63) is 41.6 Å². The highest BCUT2D eigenvalue weighted by molar-refractivity contribution is 6.06. The lowest BCUT2D eigenvalue weighted by atomic mass is 10.1. The maximum Gasteiger partial charge on any atom is 0.270 e. The highest BCUT2D eigenvalue weighted by Gasteiger charge is 2.27. The normalized spacial score (nSPS) is 17.3. The predicted octanol–water partition coefficient (Wildman–Crippen LogP) is 2.28. The second-order valence-corrected chi connectivity index (χ2v) is 7.51. The van der Waals surface area contributed by atoms with E-state index >= 15 is 0 Å². The average Bonchev–Trinajstić information content (AvgIpc) is 3.55. The molecule has 1 aliphatic carbocycles. The Balaban J connectivity index is 1.43. The van der Waals surface area contributed by atoms with Gasteiger partial charge >= 0.3 is 0 Å². The van der Waals surface area contributed by atoms with Crippen molar-refractivity contribution >= 4 is 28.6 Å². The molecule has 0 spiro atoms. The van der Waals surface area contributed by atoms with Gasteiger partial charge in [-0.25, -0.2) is 0 Å². The van der Waals surface area contributed by atoms with Gasteiger partial charge in [0.15, 0.2) is 0 Å². The van der Waals surface area contributed by atoms with Gasteiger partial charge in [-0.3, -0.25) is 30.2 Å². The van der Waals surface area contributed by atoms with Gasteiger partial charge in [0.25, 0.3) is 11.8 Å². The smallest absolute Gasteiger partial charge is 0.270 e. The number of fused-ring (bicyclic) bond motifs is 1. The van der Waals surface area contributed by atoms with E-state index in [1.165, 1.54) is 0 Å². The summed E-state index contributed by atoms with van der Waals surface area (Å²) in [5.74, 6) is -0.367. The summed E-state index contributed by atoms with van der Waals surface area (Å²) in [4.78, 5) is 43.2. The number of para-hydroxylation sites is 1. The SMILES string of the molecule is O=C(CN1CCCCCC1=O)NNC(=O)c1cc(C2CC2)nc2ccccc12. The van der Waals surface area contributed by atoms with Crippen LogP contribution in [-0.4, -0.2) is 40.7 Å². The van der Waals surface area contributed by atoms with Crippen molar-refractivity contribution in [2.75, 3.05) is 13.1 Å². The van der Waals surface area contributed by atoms with Crippen molar-refractivity contribution in [2.24, 2.45) is 0 Å². The molecule has 2 N–H and O–H groups in total. The third-order valence-corrected chi connectivity index (χ3v) is 5.30.